The van der Waals surface area contributed by atoms with Gasteiger partial charge in [0.05, 0.1) is 5.52 Å². The Morgan fingerprint density at radius 3 is 2.67 bits per heavy atom. The maximum Gasteiger partial charge on any atom is 0.303 e. The number of rotatable bonds is 3. The van der Waals surface area contributed by atoms with Crippen LogP contribution in [0.15, 0.2) is 18.2 Å². The van der Waals surface area contributed by atoms with Gasteiger partial charge in [0, 0.05) is 11.8 Å². The van der Waals surface area contributed by atoms with Crippen LogP contribution < -0.4 is 0 Å². The number of hydrogen-bond donors (Lipinski definition) is 1. The van der Waals surface area contributed by atoms with Gasteiger partial charge in [0.25, 0.3) is 0 Å². The predicted octanol–water partition coefficient (Wildman–Crippen LogP) is 3.52. The van der Waals surface area contributed by atoms with Crippen molar-refractivity contribution in [2.75, 3.05) is 0 Å². The number of pyridine rings is 1. The second-order valence-corrected chi connectivity index (χ2v) is 4.79. The summed E-state index contributed by atoms with van der Waals surface area (Å²) in [5.74, 6) is -0.827. The molecule has 0 fully saturated rings. The van der Waals surface area contributed by atoms with Crippen LogP contribution in [-0.4, -0.2) is 16.1 Å². The van der Waals surface area contributed by atoms with E-state index in [1.807, 2.05) is 32.0 Å². The van der Waals surface area contributed by atoms with E-state index in [2.05, 4.69) is 4.98 Å². The lowest BCUT2D eigenvalue weighted by molar-refractivity contribution is -0.136. The van der Waals surface area contributed by atoms with Crippen molar-refractivity contribution in [1.29, 1.82) is 0 Å². The number of aliphatic carboxylic acids is 1. The Balaban J connectivity index is 2.54. The van der Waals surface area contributed by atoms with Gasteiger partial charge in [-0.3, -0.25) is 4.79 Å². The normalized spacial score (nSPS) is 10.8. The number of carboxylic acids is 1. The van der Waals surface area contributed by atoms with E-state index >= 15 is 0 Å². The first-order chi connectivity index (χ1) is 8.49. The average Bonchev–Trinajstić information content (AvgIpc) is 2.32. The van der Waals surface area contributed by atoms with E-state index in [1.54, 1.807) is 0 Å². The second-order valence-electron chi connectivity index (χ2n) is 4.43. The zero-order chi connectivity index (χ0) is 13.3. The van der Waals surface area contributed by atoms with Crippen LogP contribution >= 0.6 is 11.6 Å². The van der Waals surface area contributed by atoms with Gasteiger partial charge < -0.3 is 5.11 Å². The Morgan fingerprint density at radius 2 is 2.00 bits per heavy atom. The molecule has 0 saturated carbocycles. The Bertz CT molecular complexity index is 623. The number of benzene rings is 1. The number of carboxylic acid groups (broad SMARTS) is 1. The maximum atomic E-state index is 10.6. The summed E-state index contributed by atoms with van der Waals surface area (Å²) in [7, 11) is 0. The summed E-state index contributed by atoms with van der Waals surface area (Å²) in [5.41, 5.74) is 3.87. The molecule has 94 valence electrons. The number of halogens is 1. The van der Waals surface area contributed by atoms with Crippen molar-refractivity contribution in [3.8, 4) is 0 Å². The molecule has 0 bridgehead atoms. The molecule has 0 radical (unpaired) electrons. The van der Waals surface area contributed by atoms with E-state index in [9.17, 15) is 4.79 Å². The topological polar surface area (TPSA) is 50.2 Å². The molecular formula is C14H14ClNO2. The van der Waals surface area contributed by atoms with Gasteiger partial charge in [0.1, 0.15) is 5.15 Å². The fourth-order valence-electron chi connectivity index (χ4n) is 1.97. The molecule has 18 heavy (non-hydrogen) atoms. The van der Waals surface area contributed by atoms with Gasteiger partial charge in [-0.05, 0) is 43.0 Å². The summed E-state index contributed by atoms with van der Waals surface area (Å²) < 4.78 is 0. The van der Waals surface area contributed by atoms with Crippen molar-refractivity contribution in [2.24, 2.45) is 0 Å². The molecule has 0 unspecified atom stereocenters. The predicted molar refractivity (Wildman–Crippen MR) is 72.2 cm³/mol. The zero-order valence-corrected chi connectivity index (χ0v) is 11.1. The first-order valence-electron chi connectivity index (χ1n) is 5.76. The number of fused-ring (bicyclic) bond motifs is 1. The maximum absolute atomic E-state index is 10.6. The molecule has 1 heterocycles. The van der Waals surface area contributed by atoms with Crippen molar-refractivity contribution in [3.05, 3.63) is 40.0 Å². The summed E-state index contributed by atoms with van der Waals surface area (Å²) >= 11 is 6.11. The first kappa shape index (κ1) is 12.8. The first-order valence-corrected chi connectivity index (χ1v) is 6.14. The largest absolute Gasteiger partial charge is 0.481 e. The van der Waals surface area contributed by atoms with Crippen molar-refractivity contribution in [2.45, 2.75) is 26.7 Å². The Kier molecular flexibility index (Phi) is 3.53. The van der Waals surface area contributed by atoms with Crippen LogP contribution in [0, 0.1) is 13.8 Å². The minimum absolute atomic E-state index is 0.0672. The molecule has 2 aromatic rings. The monoisotopic (exact) mass is 263 g/mol. The lowest BCUT2D eigenvalue weighted by Crippen LogP contribution is -2.00. The van der Waals surface area contributed by atoms with Crippen LogP contribution in [-0.2, 0) is 11.2 Å². The van der Waals surface area contributed by atoms with E-state index in [1.165, 1.54) is 0 Å². The fraction of sp³-hybridized carbons (Fsp3) is 0.286. The molecule has 0 amide bonds. The van der Waals surface area contributed by atoms with Crippen LogP contribution in [0.5, 0.6) is 0 Å². The third kappa shape index (κ3) is 2.46. The molecule has 2 rings (SSSR count). The fourth-order valence-corrected chi connectivity index (χ4v) is 2.20. The molecule has 4 heteroatoms. The molecule has 1 N–H and O–H groups in total. The van der Waals surface area contributed by atoms with Gasteiger partial charge in [0.2, 0.25) is 0 Å². The van der Waals surface area contributed by atoms with E-state index in [4.69, 9.17) is 16.7 Å². The Labute approximate surface area is 110 Å². The molecule has 3 nitrogen and oxygen atoms in total. The van der Waals surface area contributed by atoms with E-state index < -0.39 is 5.97 Å². The highest BCUT2D eigenvalue weighted by Crippen LogP contribution is 2.26. The lowest BCUT2D eigenvalue weighted by atomic mass is 10.0. The summed E-state index contributed by atoms with van der Waals surface area (Å²) in [4.78, 5) is 15.0. The second kappa shape index (κ2) is 4.94. The minimum atomic E-state index is -0.827. The highest BCUT2D eigenvalue weighted by atomic mass is 35.5. The summed E-state index contributed by atoms with van der Waals surface area (Å²) in [6.45, 7) is 4.00. The van der Waals surface area contributed by atoms with Crippen molar-refractivity contribution < 1.29 is 9.90 Å². The zero-order valence-electron chi connectivity index (χ0n) is 10.3. The molecule has 1 aromatic carbocycles. The molecule has 0 aliphatic rings. The van der Waals surface area contributed by atoms with Crippen LogP contribution in [0.25, 0.3) is 10.9 Å². The van der Waals surface area contributed by atoms with Gasteiger partial charge in [-0.1, -0.05) is 23.7 Å². The van der Waals surface area contributed by atoms with Gasteiger partial charge in [-0.25, -0.2) is 4.98 Å². The standard InChI is InChI=1S/C14H14ClNO2/c1-8-3-4-9(2)13-11(8)7-10(14(15)16-13)5-6-12(17)18/h3-4,7H,5-6H2,1-2H3,(H,17,18). The van der Waals surface area contributed by atoms with Gasteiger partial charge >= 0.3 is 5.97 Å². The molecule has 0 aliphatic carbocycles. The molecule has 1 aromatic heterocycles. The lowest BCUT2D eigenvalue weighted by Gasteiger charge is -2.09. The highest BCUT2D eigenvalue weighted by molar-refractivity contribution is 6.30. The highest BCUT2D eigenvalue weighted by Gasteiger charge is 2.09. The van der Waals surface area contributed by atoms with Gasteiger partial charge in [-0.2, -0.15) is 0 Å². The third-order valence-electron chi connectivity index (χ3n) is 3.04. The van der Waals surface area contributed by atoms with Crippen molar-refractivity contribution in [1.82, 2.24) is 4.98 Å². The Morgan fingerprint density at radius 1 is 1.33 bits per heavy atom. The van der Waals surface area contributed by atoms with E-state index in [-0.39, 0.29) is 6.42 Å². The molecule has 0 spiro atoms. The van der Waals surface area contributed by atoms with Crippen LogP contribution in [0.2, 0.25) is 5.15 Å². The quantitative estimate of drug-likeness (QED) is 0.862. The van der Waals surface area contributed by atoms with Crippen LogP contribution in [0.3, 0.4) is 0 Å². The van der Waals surface area contributed by atoms with Gasteiger partial charge in [-0.15, -0.1) is 0 Å². The molecule has 0 atom stereocenters. The molecular weight excluding hydrogens is 250 g/mol. The number of carbonyl (C=O) groups is 1. The average molecular weight is 264 g/mol. The van der Waals surface area contributed by atoms with Crippen molar-refractivity contribution >= 4 is 28.5 Å². The summed E-state index contributed by atoms with van der Waals surface area (Å²) in [6.07, 6.45) is 0.474. The van der Waals surface area contributed by atoms with E-state index in [0.29, 0.717) is 11.6 Å². The number of nitrogens with zero attached hydrogens (tertiary/aromatic N) is 1. The van der Waals surface area contributed by atoms with Gasteiger partial charge in [0.15, 0.2) is 0 Å². The smallest absolute Gasteiger partial charge is 0.303 e. The van der Waals surface area contributed by atoms with Crippen LogP contribution in [0.1, 0.15) is 23.1 Å². The number of aryl methyl sites for hydroxylation is 3. The Hall–Kier alpha value is -1.61. The minimum Gasteiger partial charge on any atom is -0.481 e. The third-order valence-corrected chi connectivity index (χ3v) is 3.37. The van der Waals surface area contributed by atoms with Crippen molar-refractivity contribution in [3.63, 3.8) is 0 Å². The van der Waals surface area contributed by atoms with E-state index in [0.717, 1.165) is 27.6 Å². The SMILES string of the molecule is Cc1ccc(C)c2nc(Cl)c(CCC(=O)O)cc12. The molecule has 0 saturated heterocycles. The summed E-state index contributed by atoms with van der Waals surface area (Å²) in [5, 5.41) is 10.2. The number of hydrogen-bond acceptors (Lipinski definition) is 2. The van der Waals surface area contributed by atoms with Crippen LogP contribution in [0.4, 0.5) is 0 Å². The number of aromatic nitrogens is 1. The summed E-state index contributed by atoms with van der Waals surface area (Å²) in [6, 6.07) is 6.00. The molecule has 0 aliphatic heterocycles.